The quantitative estimate of drug-likeness (QED) is 0.876. The molecule has 21 heavy (non-hydrogen) atoms. The van der Waals surface area contributed by atoms with E-state index in [9.17, 15) is 4.79 Å². The van der Waals surface area contributed by atoms with Crippen LogP contribution in [0.25, 0.3) is 0 Å². The number of carbonyl (C=O) groups excluding carboxylic acids is 1. The average molecular weight is 289 g/mol. The fourth-order valence-corrected chi connectivity index (χ4v) is 3.64. The van der Waals surface area contributed by atoms with Gasteiger partial charge in [-0.1, -0.05) is 19.3 Å². The van der Waals surface area contributed by atoms with Gasteiger partial charge >= 0.3 is 0 Å². The maximum atomic E-state index is 12.1. The summed E-state index contributed by atoms with van der Waals surface area (Å²) in [7, 11) is 0. The Morgan fingerprint density at radius 3 is 2.90 bits per heavy atom. The summed E-state index contributed by atoms with van der Waals surface area (Å²) in [5, 5.41) is 8.00. The molecule has 1 aliphatic carbocycles. The van der Waals surface area contributed by atoms with E-state index < -0.39 is 0 Å². The standard InChI is InChI=1S/C17H27N3O/c21-17(7-6-14-8-10-18-13-14)12-15-9-11-20(19-15)16-4-2-1-3-5-16/h9,11,14,16,18H,1-8,10,12-13H2. The minimum absolute atomic E-state index is 0.343. The summed E-state index contributed by atoms with van der Waals surface area (Å²) in [4.78, 5) is 12.1. The molecule has 3 rings (SSSR count). The molecule has 1 aliphatic heterocycles. The molecule has 0 aromatic carbocycles. The van der Waals surface area contributed by atoms with Gasteiger partial charge in [0.25, 0.3) is 0 Å². The van der Waals surface area contributed by atoms with Gasteiger partial charge in [-0.15, -0.1) is 0 Å². The maximum Gasteiger partial charge on any atom is 0.138 e. The van der Waals surface area contributed by atoms with Crippen molar-refractivity contribution in [2.45, 2.75) is 63.8 Å². The Kier molecular flexibility index (Phi) is 5.07. The van der Waals surface area contributed by atoms with Crippen molar-refractivity contribution in [3.05, 3.63) is 18.0 Å². The molecule has 1 N–H and O–H groups in total. The molecule has 116 valence electrons. The summed E-state index contributed by atoms with van der Waals surface area (Å²) >= 11 is 0. The monoisotopic (exact) mass is 289 g/mol. The molecule has 2 fully saturated rings. The van der Waals surface area contributed by atoms with Gasteiger partial charge in [-0.05, 0) is 50.8 Å². The molecule has 2 aliphatic rings. The second-order valence-corrected chi connectivity index (χ2v) is 6.69. The van der Waals surface area contributed by atoms with E-state index >= 15 is 0 Å². The molecule has 1 saturated carbocycles. The Hall–Kier alpha value is -1.16. The molecule has 4 heteroatoms. The highest BCUT2D eigenvalue weighted by Gasteiger charge is 2.18. The van der Waals surface area contributed by atoms with E-state index in [0.29, 0.717) is 30.6 Å². The fraction of sp³-hybridized carbons (Fsp3) is 0.765. The lowest BCUT2D eigenvalue weighted by Gasteiger charge is -2.21. The van der Waals surface area contributed by atoms with Gasteiger partial charge in [0.15, 0.2) is 0 Å². The van der Waals surface area contributed by atoms with Crippen molar-refractivity contribution in [1.29, 1.82) is 0 Å². The minimum atomic E-state index is 0.343. The first-order chi connectivity index (χ1) is 10.3. The number of nitrogens with one attached hydrogen (secondary N) is 1. The number of hydrogen-bond acceptors (Lipinski definition) is 3. The number of rotatable bonds is 6. The molecule has 1 aromatic rings. The smallest absolute Gasteiger partial charge is 0.138 e. The SMILES string of the molecule is O=C(CCC1CCNC1)Cc1ccn(C2CCCCC2)n1. The minimum Gasteiger partial charge on any atom is -0.316 e. The van der Waals surface area contributed by atoms with E-state index in [1.54, 1.807) is 0 Å². The highest BCUT2D eigenvalue weighted by Crippen LogP contribution is 2.27. The summed E-state index contributed by atoms with van der Waals surface area (Å²) in [5.41, 5.74) is 0.954. The number of nitrogens with zero attached hydrogens (tertiary/aromatic N) is 2. The molecule has 0 spiro atoms. The zero-order valence-electron chi connectivity index (χ0n) is 12.9. The summed E-state index contributed by atoms with van der Waals surface area (Å²) in [6.45, 7) is 2.20. The van der Waals surface area contributed by atoms with Gasteiger partial charge in [0, 0.05) is 12.6 Å². The Balaban J connectivity index is 1.45. The zero-order chi connectivity index (χ0) is 14.5. The van der Waals surface area contributed by atoms with Gasteiger partial charge in [-0.3, -0.25) is 9.48 Å². The summed E-state index contributed by atoms with van der Waals surface area (Å²) in [6, 6.07) is 2.59. The number of Topliss-reactive ketones (excluding diaryl/α,β-unsaturated/α-hetero) is 1. The molecular weight excluding hydrogens is 262 g/mol. The first-order valence-corrected chi connectivity index (χ1v) is 8.58. The van der Waals surface area contributed by atoms with Crippen LogP contribution >= 0.6 is 0 Å². The first kappa shape index (κ1) is 14.8. The van der Waals surface area contributed by atoms with Crippen molar-refractivity contribution < 1.29 is 4.79 Å². The number of ketones is 1. The van der Waals surface area contributed by atoms with Gasteiger partial charge in [0.1, 0.15) is 5.78 Å². The predicted octanol–water partition coefficient (Wildman–Crippen LogP) is 2.89. The topological polar surface area (TPSA) is 46.9 Å². The van der Waals surface area contributed by atoms with Crippen molar-refractivity contribution in [1.82, 2.24) is 15.1 Å². The fourth-order valence-electron chi connectivity index (χ4n) is 3.64. The number of aromatic nitrogens is 2. The lowest BCUT2D eigenvalue weighted by Crippen LogP contribution is -2.14. The molecule has 4 nitrogen and oxygen atoms in total. The lowest BCUT2D eigenvalue weighted by atomic mass is 9.96. The third-order valence-electron chi connectivity index (χ3n) is 4.98. The summed E-state index contributed by atoms with van der Waals surface area (Å²) < 4.78 is 2.10. The molecule has 2 heterocycles. The molecule has 1 aromatic heterocycles. The molecule has 0 bridgehead atoms. The Bertz CT molecular complexity index is 456. The second kappa shape index (κ2) is 7.21. The van der Waals surface area contributed by atoms with E-state index in [4.69, 9.17) is 0 Å². The van der Waals surface area contributed by atoms with Crippen LogP contribution in [0.1, 0.15) is 63.1 Å². The van der Waals surface area contributed by atoms with Crippen LogP contribution < -0.4 is 5.32 Å². The highest BCUT2D eigenvalue weighted by atomic mass is 16.1. The van der Waals surface area contributed by atoms with Crippen LogP contribution in [-0.2, 0) is 11.2 Å². The van der Waals surface area contributed by atoms with Gasteiger partial charge in [-0.25, -0.2) is 0 Å². The predicted molar refractivity (Wildman–Crippen MR) is 83.3 cm³/mol. The normalized spacial score (nSPS) is 23.5. The zero-order valence-corrected chi connectivity index (χ0v) is 12.9. The molecule has 0 radical (unpaired) electrons. The van der Waals surface area contributed by atoms with Crippen molar-refractivity contribution in [3.8, 4) is 0 Å². The Morgan fingerprint density at radius 1 is 1.29 bits per heavy atom. The van der Waals surface area contributed by atoms with Gasteiger partial charge in [0.05, 0.1) is 18.2 Å². The molecule has 1 unspecified atom stereocenters. The maximum absolute atomic E-state index is 12.1. The Labute approximate surface area is 127 Å². The third kappa shape index (κ3) is 4.16. The van der Waals surface area contributed by atoms with Crippen molar-refractivity contribution >= 4 is 5.78 Å². The molecule has 1 saturated heterocycles. The van der Waals surface area contributed by atoms with Crippen molar-refractivity contribution in [2.24, 2.45) is 5.92 Å². The molecular formula is C17H27N3O. The van der Waals surface area contributed by atoms with Gasteiger partial charge in [0.2, 0.25) is 0 Å². The second-order valence-electron chi connectivity index (χ2n) is 6.69. The van der Waals surface area contributed by atoms with E-state index in [1.165, 1.54) is 38.5 Å². The van der Waals surface area contributed by atoms with Crippen molar-refractivity contribution in [3.63, 3.8) is 0 Å². The first-order valence-electron chi connectivity index (χ1n) is 8.58. The van der Waals surface area contributed by atoms with Crippen LogP contribution in [0.2, 0.25) is 0 Å². The van der Waals surface area contributed by atoms with E-state index in [0.717, 1.165) is 25.2 Å². The van der Waals surface area contributed by atoms with E-state index in [1.807, 2.05) is 6.07 Å². The largest absolute Gasteiger partial charge is 0.316 e. The van der Waals surface area contributed by atoms with Crippen LogP contribution in [0, 0.1) is 5.92 Å². The average Bonchev–Trinajstić information content (AvgIpc) is 3.17. The Morgan fingerprint density at radius 2 is 2.14 bits per heavy atom. The summed E-state index contributed by atoms with van der Waals surface area (Å²) in [5.74, 6) is 1.05. The highest BCUT2D eigenvalue weighted by molar-refractivity contribution is 5.80. The lowest BCUT2D eigenvalue weighted by molar-refractivity contribution is -0.118. The van der Waals surface area contributed by atoms with Crippen LogP contribution in [0.5, 0.6) is 0 Å². The number of hydrogen-bond donors (Lipinski definition) is 1. The van der Waals surface area contributed by atoms with E-state index in [2.05, 4.69) is 21.3 Å². The van der Waals surface area contributed by atoms with Crippen LogP contribution in [0.15, 0.2) is 12.3 Å². The van der Waals surface area contributed by atoms with Crippen molar-refractivity contribution in [2.75, 3.05) is 13.1 Å². The van der Waals surface area contributed by atoms with Gasteiger partial charge < -0.3 is 5.32 Å². The van der Waals surface area contributed by atoms with Crippen LogP contribution in [0.4, 0.5) is 0 Å². The number of carbonyl (C=O) groups is 1. The van der Waals surface area contributed by atoms with Crippen LogP contribution in [0.3, 0.4) is 0 Å². The van der Waals surface area contributed by atoms with E-state index in [-0.39, 0.29) is 0 Å². The molecule has 0 amide bonds. The molecule has 1 atom stereocenters. The third-order valence-corrected chi connectivity index (χ3v) is 4.98. The van der Waals surface area contributed by atoms with Crippen LogP contribution in [-0.4, -0.2) is 28.7 Å². The van der Waals surface area contributed by atoms with Gasteiger partial charge in [-0.2, -0.15) is 5.10 Å². The summed E-state index contributed by atoms with van der Waals surface area (Å²) in [6.07, 6.45) is 12.0.